The Hall–Kier alpha value is -2.04. The molecule has 3 nitrogen and oxygen atoms in total. The maximum atomic E-state index is 12.0. The molecule has 0 saturated carbocycles. The molecule has 0 fully saturated rings. The fourth-order valence-corrected chi connectivity index (χ4v) is 2.73. The van der Waals surface area contributed by atoms with E-state index in [4.69, 9.17) is 4.74 Å². The van der Waals surface area contributed by atoms with Gasteiger partial charge in [0, 0.05) is 10.5 Å². The highest BCUT2D eigenvalue weighted by Gasteiger charge is 2.26. The number of thioether (sulfide) groups is 1. The summed E-state index contributed by atoms with van der Waals surface area (Å²) in [7, 11) is 0. The van der Waals surface area contributed by atoms with Crippen LogP contribution in [0.1, 0.15) is 11.1 Å². The van der Waals surface area contributed by atoms with E-state index in [0.29, 0.717) is 12.2 Å². The Labute approximate surface area is 127 Å². The van der Waals surface area contributed by atoms with Crippen LogP contribution >= 0.6 is 11.8 Å². The number of esters is 1. The molecule has 2 aromatic rings. The van der Waals surface area contributed by atoms with Crippen molar-refractivity contribution in [1.29, 1.82) is 0 Å². The first-order valence-corrected chi connectivity index (χ1v) is 7.62. The first kappa shape index (κ1) is 15.4. The molecular weight excluding hydrogens is 284 g/mol. The minimum atomic E-state index is -0.236. The van der Waals surface area contributed by atoms with E-state index in [-0.39, 0.29) is 11.4 Å². The minimum Gasteiger partial charge on any atom is -0.457 e. The van der Waals surface area contributed by atoms with Crippen molar-refractivity contribution in [2.75, 3.05) is 12.9 Å². The molecule has 108 valence electrons. The van der Waals surface area contributed by atoms with Crippen LogP contribution in [-0.4, -0.2) is 24.3 Å². The molecule has 0 aromatic heterocycles. The molecule has 1 aliphatic heterocycles. The van der Waals surface area contributed by atoms with Crippen LogP contribution in [0.4, 0.5) is 0 Å². The Morgan fingerprint density at radius 2 is 1.62 bits per heavy atom. The lowest BCUT2D eigenvalue weighted by molar-refractivity contribution is -0.133. The maximum absolute atomic E-state index is 12.0. The topological polar surface area (TPSA) is 57.8 Å². The fraction of sp³-hybridized carbons (Fsp3) is 0.118. The van der Waals surface area contributed by atoms with Gasteiger partial charge < -0.3 is 10.2 Å². The minimum absolute atomic E-state index is 0. The van der Waals surface area contributed by atoms with Crippen molar-refractivity contribution in [2.45, 2.75) is 4.90 Å². The van der Waals surface area contributed by atoms with E-state index in [1.807, 2.05) is 48.7 Å². The Balaban J connectivity index is 0.00000161. The van der Waals surface area contributed by atoms with E-state index < -0.39 is 0 Å². The SMILES string of the molecule is CSc1ccc(C2=C(c3ccccc3)C(=O)OC2)cc1.O. The van der Waals surface area contributed by atoms with Gasteiger partial charge in [0.25, 0.3) is 0 Å². The van der Waals surface area contributed by atoms with Gasteiger partial charge in [-0.25, -0.2) is 4.79 Å². The molecule has 2 N–H and O–H groups in total. The van der Waals surface area contributed by atoms with Crippen molar-refractivity contribution in [3.8, 4) is 0 Å². The van der Waals surface area contributed by atoms with E-state index >= 15 is 0 Å². The van der Waals surface area contributed by atoms with Gasteiger partial charge in [-0.2, -0.15) is 0 Å². The molecule has 0 atom stereocenters. The summed E-state index contributed by atoms with van der Waals surface area (Å²) in [5.41, 5.74) is 3.61. The molecule has 0 spiro atoms. The third-order valence-electron chi connectivity index (χ3n) is 3.35. The van der Waals surface area contributed by atoms with Crippen LogP contribution < -0.4 is 0 Å². The zero-order valence-corrected chi connectivity index (χ0v) is 12.4. The number of ether oxygens (including phenoxy) is 1. The standard InChI is InChI=1S/C17H14O2S.H2O/c1-20-14-9-7-12(8-10-14)15-11-19-17(18)16(15)13-5-3-2-4-6-13;/h2-10H,11H2,1H3;1H2. The predicted molar refractivity (Wildman–Crippen MR) is 86.1 cm³/mol. The molecule has 2 aromatic carbocycles. The van der Waals surface area contributed by atoms with Gasteiger partial charge in [0.05, 0.1) is 5.57 Å². The summed E-state index contributed by atoms with van der Waals surface area (Å²) in [4.78, 5) is 13.2. The lowest BCUT2D eigenvalue weighted by atomic mass is 9.97. The smallest absolute Gasteiger partial charge is 0.339 e. The Morgan fingerprint density at radius 1 is 0.952 bits per heavy atom. The van der Waals surface area contributed by atoms with Crippen LogP contribution in [0, 0.1) is 0 Å². The summed E-state index contributed by atoms with van der Waals surface area (Å²) in [5.74, 6) is -0.236. The summed E-state index contributed by atoms with van der Waals surface area (Å²) in [6.07, 6.45) is 2.05. The maximum Gasteiger partial charge on any atom is 0.339 e. The molecule has 3 rings (SSSR count). The molecule has 1 heterocycles. The van der Waals surface area contributed by atoms with Crippen molar-refractivity contribution in [3.63, 3.8) is 0 Å². The first-order valence-electron chi connectivity index (χ1n) is 6.39. The van der Waals surface area contributed by atoms with Gasteiger partial charge in [0.15, 0.2) is 0 Å². The van der Waals surface area contributed by atoms with Crippen LogP contribution in [-0.2, 0) is 9.53 Å². The quantitative estimate of drug-likeness (QED) is 0.646. The number of carbonyl (C=O) groups excluding carboxylic acids is 1. The summed E-state index contributed by atoms with van der Waals surface area (Å²) in [5, 5.41) is 0. The summed E-state index contributed by atoms with van der Waals surface area (Å²) in [6, 6.07) is 17.9. The number of rotatable bonds is 3. The van der Waals surface area contributed by atoms with Gasteiger partial charge in [-0.15, -0.1) is 11.8 Å². The van der Waals surface area contributed by atoms with Crippen LogP contribution in [0.5, 0.6) is 0 Å². The largest absolute Gasteiger partial charge is 0.457 e. The van der Waals surface area contributed by atoms with E-state index in [0.717, 1.165) is 16.7 Å². The third-order valence-corrected chi connectivity index (χ3v) is 4.10. The average molecular weight is 300 g/mol. The second kappa shape index (κ2) is 6.61. The van der Waals surface area contributed by atoms with Crippen molar-refractivity contribution >= 4 is 28.9 Å². The Bertz CT molecular complexity index is 660. The number of hydrogen-bond acceptors (Lipinski definition) is 3. The molecule has 0 unspecified atom stereocenters. The zero-order valence-electron chi connectivity index (χ0n) is 11.6. The van der Waals surface area contributed by atoms with Gasteiger partial charge in [-0.1, -0.05) is 42.5 Å². The molecule has 0 radical (unpaired) electrons. The van der Waals surface area contributed by atoms with Crippen molar-refractivity contribution < 1.29 is 15.0 Å². The van der Waals surface area contributed by atoms with E-state index in [1.54, 1.807) is 11.8 Å². The van der Waals surface area contributed by atoms with Crippen LogP contribution in [0.15, 0.2) is 59.5 Å². The second-order valence-electron chi connectivity index (χ2n) is 4.52. The highest BCUT2D eigenvalue weighted by Crippen LogP contribution is 2.33. The molecule has 0 aliphatic carbocycles. The average Bonchev–Trinajstić information content (AvgIpc) is 2.90. The van der Waals surface area contributed by atoms with Crippen LogP contribution in [0.25, 0.3) is 11.1 Å². The van der Waals surface area contributed by atoms with Gasteiger partial charge in [-0.3, -0.25) is 0 Å². The Kier molecular flexibility index (Phi) is 4.83. The third kappa shape index (κ3) is 3.01. The second-order valence-corrected chi connectivity index (χ2v) is 5.40. The number of benzene rings is 2. The molecule has 21 heavy (non-hydrogen) atoms. The summed E-state index contributed by atoms with van der Waals surface area (Å²) in [6.45, 7) is 0.349. The van der Waals surface area contributed by atoms with Crippen molar-refractivity contribution in [1.82, 2.24) is 0 Å². The molecule has 0 amide bonds. The molecule has 0 saturated heterocycles. The first-order chi connectivity index (χ1) is 9.79. The summed E-state index contributed by atoms with van der Waals surface area (Å²) < 4.78 is 5.23. The zero-order chi connectivity index (χ0) is 13.9. The monoisotopic (exact) mass is 300 g/mol. The van der Waals surface area contributed by atoms with E-state index in [9.17, 15) is 4.79 Å². The van der Waals surface area contributed by atoms with Crippen LogP contribution in [0.3, 0.4) is 0 Å². The van der Waals surface area contributed by atoms with Crippen molar-refractivity contribution in [2.24, 2.45) is 0 Å². The van der Waals surface area contributed by atoms with E-state index in [2.05, 4.69) is 12.1 Å². The van der Waals surface area contributed by atoms with E-state index in [1.165, 1.54) is 4.90 Å². The lowest BCUT2D eigenvalue weighted by Gasteiger charge is -2.05. The number of cyclic esters (lactones) is 1. The highest BCUT2D eigenvalue weighted by atomic mass is 32.2. The Morgan fingerprint density at radius 3 is 2.24 bits per heavy atom. The van der Waals surface area contributed by atoms with Gasteiger partial charge >= 0.3 is 5.97 Å². The van der Waals surface area contributed by atoms with Gasteiger partial charge in [-0.05, 0) is 29.5 Å². The molecule has 0 bridgehead atoms. The fourth-order valence-electron chi connectivity index (χ4n) is 2.32. The molecule has 4 heteroatoms. The molecule has 1 aliphatic rings. The predicted octanol–water partition coefficient (Wildman–Crippen LogP) is 3.05. The highest BCUT2D eigenvalue weighted by molar-refractivity contribution is 7.98. The normalized spacial score (nSPS) is 13.9. The molecular formula is C17H16O3S. The van der Waals surface area contributed by atoms with Gasteiger partial charge in [0.2, 0.25) is 0 Å². The number of carbonyl (C=O) groups is 1. The number of hydrogen-bond donors (Lipinski definition) is 0. The summed E-state index contributed by atoms with van der Waals surface area (Å²) >= 11 is 1.70. The lowest BCUT2D eigenvalue weighted by Crippen LogP contribution is -1.98. The van der Waals surface area contributed by atoms with Crippen molar-refractivity contribution in [3.05, 3.63) is 65.7 Å². The van der Waals surface area contributed by atoms with Crippen LogP contribution in [0.2, 0.25) is 0 Å². The van der Waals surface area contributed by atoms with Gasteiger partial charge in [0.1, 0.15) is 6.61 Å².